The van der Waals surface area contributed by atoms with Gasteiger partial charge >= 0.3 is 5.97 Å². The first-order chi connectivity index (χ1) is 7.44. The van der Waals surface area contributed by atoms with Crippen LogP contribution < -0.4 is 0 Å². The highest BCUT2D eigenvalue weighted by atomic mass is 79.9. The van der Waals surface area contributed by atoms with Crippen LogP contribution in [-0.2, 0) is 14.9 Å². The molecule has 0 heterocycles. The van der Waals surface area contributed by atoms with Crippen LogP contribution in [0.4, 0.5) is 8.78 Å². The number of rotatable bonds is 2. The number of halogens is 3. The fourth-order valence-corrected chi connectivity index (χ4v) is 2.27. The summed E-state index contributed by atoms with van der Waals surface area (Å²) in [6.07, 6.45) is -0.483. The van der Waals surface area contributed by atoms with E-state index in [1.807, 2.05) is 0 Å². The van der Waals surface area contributed by atoms with E-state index in [0.717, 1.165) is 7.11 Å². The second-order valence-corrected chi connectivity index (χ2v) is 4.70. The molecule has 0 radical (unpaired) electrons. The summed E-state index contributed by atoms with van der Waals surface area (Å²) in [5, 5.41) is 0. The number of carbonyl (C=O) groups is 1. The Morgan fingerprint density at radius 3 is 2.56 bits per heavy atom. The van der Waals surface area contributed by atoms with Crippen molar-refractivity contribution in [3.05, 3.63) is 34.3 Å². The van der Waals surface area contributed by atoms with Gasteiger partial charge in [0.1, 0.15) is 0 Å². The van der Waals surface area contributed by atoms with E-state index in [1.54, 1.807) is 12.1 Å². The summed E-state index contributed by atoms with van der Waals surface area (Å²) in [6.45, 7) is 0. The third kappa shape index (κ3) is 1.45. The summed E-state index contributed by atoms with van der Waals surface area (Å²) in [7, 11) is 1.12. The standard InChI is InChI=1S/C11H9BrF2O2/c1-16-9(15)10(6-11(10,13)14)7-3-2-4-8(12)5-7/h2-5H,6H2,1H3. The monoisotopic (exact) mass is 290 g/mol. The van der Waals surface area contributed by atoms with Crippen molar-refractivity contribution in [2.24, 2.45) is 0 Å². The first-order valence-corrected chi connectivity index (χ1v) is 5.45. The number of hydrogen-bond donors (Lipinski definition) is 0. The van der Waals surface area contributed by atoms with Gasteiger partial charge in [0.05, 0.1) is 7.11 Å². The predicted molar refractivity (Wildman–Crippen MR) is 57.4 cm³/mol. The van der Waals surface area contributed by atoms with Gasteiger partial charge in [-0.1, -0.05) is 28.1 Å². The molecule has 0 amide bonds. The predicted octanol–water partition coefficient (Wildman–Crippen LogP) is 2.90. The summed E-state index contributed by atoms with van der Waals surface area (Å²) in [6, 6.07) is 6.38. The maximum absolute atomic E-state index is 13.4. The number of hydrogen-bond acceptors (Lipinski definition) is 2. The molecule has 16 heavy (non-hydrogen) atoms. The van der Waals surface area contributed by atoms with Crippen LogP contribution in [0.3, 0.4) is 0 Å². The van der Waals surface area contributed by atoms with Crippen LogP contribution >= 0.6 is 15.9 Å². The topological polar surface area (TPSA) is 26.3 Å². The molecule has 1 fully saturated rings. The van der Waals surface area contributed by atoms with Crippen molar-refractivity contribution >= 4 is 21.9 Å². The molecule has 1 atom stereocenters. The molecule has 0 spiro atoms. The Bertz CT molecular complexity index is 447. The maximum Gasteiger partial charge on any atom is 0.322 e. The smallest absolute Gasteiger partial charge is 0.322 e. The van der Waals surface area contributed by atoms with Crippen molar-refractivity contribution in [1.29, 1.82) is 0 Å². The van der Waals surface area contributed by atoms with Gasteiger partial charge in [0.15, 0.2) is 5.41 Å². The number of esters is 1. The maximum atomic E-state index is 13.4. The van der Waals surface area contributed by atoms with E-state index in [2.05, 4.69) is 20.7 Å². The van der Waals surface area contributed by atoms with Gasteiger partial charge in [0.25, 0.3) is 5.92 Å². The molecule has 5 heteroatoms. The molecule has 1 aliphatic carbocycles. The van der Waals surface area contributed by atoms with E-state index in [4.69, 9.17) is 0 Å². The molecular weight excluding hydrogens is 282 g/mol. The Hall–Kier alpha value is -0.970. The molecule has 0 bridgehead atoms. The molecular formula is C11H9BrF2O2. The molecule has 1 saturated carbocycles. The van der Waals surface area contributed by atoms with Crippen LogP contribution in [0.25, 0.3) is 0 Å². The van der Waals surface area contributed by atoms with Crippen LogP contribution in [0.5, 0.6) is 0 Å². The molecule has 2 nitrogen and oxygen atoms in total. The Balaban J connectivity index is 2.48. The molecule has 0 saturated heterocycles. The van der Waals surface area contributed by atoms with Crippen molar-refractivity contribution in [3.63, 3.8) is 0 Å². The quantitative estimate of drug-likeness (QED) is 0.783. The highest BCUT2D eigenvalue weighted by Gasteiger charge is 2.77. The molecule has 0 N–H and O–H groups in total. The SMILES string of the molecule is COC(=O)C1(c2cccc(Br)c2)CC1(F)F. The molecule has 0 aromatic heterocycles. The molecule has 86 valence electrons. The van der Waals surface area contributed by atoms with Crippen molar-refractivity contribution < 1.29 is 18.3 Å². The largest absolute Gasteiger partial charge is 0.468 e. The van der Waals surface area contributed by atoms with E-state index in [9.17, 15) is 13.6 Å². The Morgan fingerprint density at radius 2 is 2.12 bits per heavy atom. The summed E-state index contributed by atoms with van der Waals surface area (Å²) in [4.78, 5) is 11.5. The van der Waals surface area contributed by atoms with Crippen LogP contribution in [0, 0.1) is 0 Å². The van der Waals surface area contributed by atoms with Gasteiger partial charge in [-0.25, -0.2) is 8.78 Å². The van der Waals surface area contributed by atoms with Gasteiger partial charge in [0.2, 0.25) is 0 Å². The van der Waals surface area contributed by atoms with Gasteiger partial charge in [-0.3, -0.25) is 4.79 Å². The summed E-state index contributed by atoms with van der Waals surface area (Å²) < 4.78 is 31.9. The minimum Gasteiger partial charge on any atom is -0.468 e. The molecule has 1 aromatic rings. The fraction of sp³-hybridized carbons (Fsp3) is 0.364. The van der Waals surface area contributed by atoms with Crippen molar-refractivity contribution in [2.45, 2.75) is 17.8 Å². The van der Waals surface area contributed by atoms with Gasteiger partial charge < -0.3 is 4.74 Å². The van der Waals surface area contributed by atoms with Crippen molar-refractivity contribution in [1.82, 2.24) is 0 Å². The lowest BCUT2D eigenvalue weighted by Crippen LogP contribution is -2.28. The number of methoxy groups -OCH3 is 1. The minimum absolute atomic E-state index is 0.290. The second-order valence-electron chi connectivity index (χ2n) is 3.79. The molecule has 1 aliphatic rings. The lowest BCUT2D eigenvalue weighted by Gasteiger charge is -2.14. The average molecular weight is 291 g/mol. The zero-order valence-electron chi connectivity index (χ0n) is 8.47. The molecule has 1 aromatic carbocycles. The summed E-state index contributed by atoms with van der Waals surface area (Å²) in [5.41, 5.74) is -1.50. The number of alkyl halides is 2. The van der Waals surface area contributed by atoms with Crippen LogP contribution in [0.15, 0.2) is 28.7 Å². The lowest BCUT2D eigenvalue weighted by atomic mass is 9.95. The third-order valence-electron chi connectivity index (χ3n) is 2.84. The Morgan fingerprint density at radius 1 is 1.50 bits per heavy atom. The van der Waals surface area contributed by atoms with Gasteiger partial charge in [0, 0.05) is 10.9 Å². The van der Waals surface area contributed by atoms with Crippen LogP contribution in [-0.4, -0.2) is 19.0 Å². The molecule has 0 aliphatic heterocycles. The Kier molecular flexibility index (Phi) is 2.53. The highest BCUT2D eigenvalue weighted by molar-refractivity contribution is 9.10. The molecule has 1 unspecified atom stereocenters. The second kappa shape index (κ2) is 3.52. The Labute approximate surface area is 99.7 Å². The average Bonchev–Trinajstić information content (AvgIpc) is 2.82. The molecule has 2 rings (SSSR count). The number of benzene rings is 1. The minimum atomic E-state index is -3.01. The van der Waals surface area contributed by atoms with Crippen molar-refractivity contribution in [3.8, 4) is 0 Å². The number of carbonyl (C=O) groups excluding carboxylic acids is 1. The normalized spacial score (nSPS) is 26.2. The summed E-state index contributed by atoms with van der Waals surface area (Å²) in [5.74, 6) is -3.89. The van der Waals surface area contributed by atoms with E-state index in [-0.39, 0.29) is 0 Å². The van der Waals surface area contributed by atoms with E-state index < -0.39 is 23.7 Å². The first kappa shape index (κ1) is 11.5. The third-order valence-corrected chi connectivity index (χ3v) is 3.33. The highest BCUT2D eigenvalue weighted by Crippen LogP contribution is 2.62. The lowest BCUT2D eigenvalue weighted by molar-refractivity contribution is -0.146. The van der Waals surface area contributed by atoms with Gasteiger partial charge in [-0.2, -0.15) is 0 Å². The van der Waals surface area contributed by atoms with Crippen molar-refractivity contribution in [2.75, 3.05) is 7.11 Å². The zero-order valence-corrected chi connectivity index (χ0v) is 10.1. The first-order valence-electron chi connectivity index (χ1n) is 4.66. The summed E-state index contributed by atoms with van der Waals surface area (Å²) >= 11 is 3.19. The van der Waals surface area contributed by atoms with E-state index in [0.29, 0.717) is 10.0 Å². The van der Waals surface area contributed by atoms with Gasteiger partial charge in [-0.15, -0.1) is 0 Å². The van der Waals surface area contributed by atoms with Crippen LogP contribution in [0.2, 0.25) is 0 Å². The van der Waals surface area contributed by atoms with E-state index in [1.165, 1.54) is 12.1 Å². The van der Waals surface area contributed by atoms with Gasteiger partial charge in [-0.05, 0) is 17.7 Å². The van der Waals surface area contributed by atoms with Crippen LogP contribution in [0.1, 0.15) is 12.0 Å². The fourth-order valence-electron chi connectivity index (χ4n) is 1.87. The zero-order chi connectivity index (χ0) is 12.0. The van der Waals surface area contributed by atoms with E-state index >= 15 is 0 Å². The number of ether oxygens (including phenoxy) is 1.